The molecule has 0 spiro atoms. The van der Waals surface area contributed by atoms with Crippen LogP contribution in [0.5, 0.6) is 0 Å². The summed E-state index contributed by atoms with van der Waals surface area (Å²) in [7, 11) is 0. The van der Waals surface area contributed by atoms with E-state index in [4.69, 9.17) is 22.4 Å². The number of nitrogens with zero attached hydrogens (tertiary/aromatic N) is 1. The number of hydrogen-bond acceptors (Lipinski definition) is 3. The number of aromatic nitrogens is 1. The molecule has 4 heteroatoms. The summed E-state index contributed by atoms with van der Waals surface area (Å²) in [4.78, 5) is 3.83. The van der Waals surface area contributed by atoms with Crippen LogP contribution in [0.15, 0.2) is 18.3 Å². The Hall–Kier alpha value is -0.640. The van der Waals surface area contributed by atoms with Crippen molar-refractivity contribution in [2.24, 2.45) is 5.73 Å². The molecule has 3 nitrogen and oxygen atoms in total. The molecule has 66 valence electrons. The maximum Gasteiger partial charge on any atom is 0.129 e. The average molecular weight is 187 g/mol. The predicted molar refractivity (Wildman–Crippen MR) is 47.9 cm³/mol. The van der Waals surface area contributed by atoms with Crippen LogP contribution in [0.2, 0.25) is 5.15 Å². The van der Waals surface area contributed by atoms with Crippen LogP contribution < -0.4 is 5.73 Å². The van der Waals surface area contributed by atoms with Gasteiger partial charge in [0.2, 0.25) is 0 Å². The third-order valence-electron chi connectivity index (χ3n) is 1.62. The minimum absolute atomic E-state index is 0.0844. The number of rotatable bonds is 3. The van der Waals surface area contributed by atoms with Gasteiger partial charge in [0.1, 0.15) is 5.15 Å². The smallest absolute Gasteiger partial charge is 0.129 e. The third-order valence-corrected chi connectivity index (χ3v) is 1.83. The number of halogens is 1. The van der Waals surface area contributed by atoms with Gasteiger partial charge in [-0.2, -0.15) is 0 Å². The van der Waals surface area contributed by atoms with Gasteiger partial charge in [-0.15, -0.1) is 0 Å². The first kappa shape index (κ1) is 9.45. The van der Waals surface area contributed by atoms with E-state index in [-0.39, 0.29) is 12.6 Å². The summed E-state index contributed by atoms with van der Waals surface area (Å²) in [5.41, 5.74) is 6.63. The van der Waals surface area contributed by atoms with Crippen LogP contribution in [0.1, 0.15) is 18.0 Å². The predicted octanol–water partition coefficient (Wildman–Crippen LogP) is 1.12. The molecule has 0 aliphatic heterocycles. The van der Waals surface area contributed by atoms with Gasteiger partial charge >= 0.3 is 0 Å². The summed E-state index contributed by atoms with van der Waals surface area (Å²) < 4.78 is 0. The summed E-state index contributed by atoms with van der Waals surface area (Å²) >= 11 is 5.66. The second-order valence-electron chi connectivity index (χ2n) is 2.53. The van der Waals surface area contributed by atoms with Crippen LogP contribution >= 0.6 is 11.6 Å². The minimum Gasteiger partial charge on any atom is -0.396 e. The van der Waals surface area contributed by atoms with E-state index < -0.39 is 0 Å². The number of nitrogens with two attached hydrogens (primary N) is 1. The van der Waals surface area contributed by atoms with Crippen molar-refractivity contribution in [1.29, 1.82) is 0 Å². The lowest BCUT2D eigenvalue weighted by atomic mass is 10.1. The molecule has 0 bridgehead atoms. The Labute approximate surface area is 76.2 Å². The Bertz CT molecular complexity index is 255. The summed E-state index contributed by atoms with van der Waals surface area (Å²) in [6.07, 6.45) is 2.15. The Kier molecular flexibility index (Phi) is 3.47. The molecular formula is C8H11ClN2O. The zero-order chi connectivity index (χ0) is 8.97. The summed E-state index contributed by atoms with van der Waals surface area (Å²) in [6.45, 7) is 0.0844. The van der Waals surface area contributed by atoms with E-state index in [0.717, 1.165) is 5.56 Å². The highest BCUT2D eigenvalue weighted by atomic mass is 35.5. The molecule has 1 atom stereocenters. The average Bonchev–Trinajstić information content (AvgIpc) is 2.05. The third kappa shape index (κ3) is 2.44. The monoisotopic (exact) mass is 186 g/mol. The lowest BCUT2D eigenvalue weighted by Crippen LogP contribution is -2.11. The van der Waals surface area contributed by atoms with Crippen LogP contribution in [-0.2, 0) is 0 Å². The van der Waals surface area contributed by atoms with Crippen LogP contribution in [0.4, 0.5) is 0 Å². The second-order valence-corrected chi connectivity index (χ2v) is 2.92. The Balaban J connectivity index is 2.73. The first-order valence-electron chi connectivity index (χ1n) is 3.72. The SMILES string of the molecule is N[C@H](CCO)c1ccnc(Cl)c1. The van der Waals surface area contributed by atoms with Crippen molar-refractivity contribution in [3.05, 3.63) is 29.0 Å². The highest BCUT2D eigenvalue weighted by molar-refractivity contribution is 6.29. The highest BCUT2D eigenvalue weighted by Crippen LogP contribution is 2.15. The Morgan fingerprint density at radius 1 is 1.67 bits per heavy atom. The van der Waals surface area contributed by atoms with Crippen molar-refractivity contribution in [3.8, 4) is 0 Å². The zero-order valence-electron chi connectivity index (χ0n) is 6.57. The minimum atomic E-state index is -0.157. The van der Waals surface area contributed by atoms with E-state index in [1.54, 1.807) is 18.3 Å². The fraction of sp³-hybridized carbons (Fsp3) is 0.375. The fourth-order valence-corrected chi connectivity index (χ4v) is 1.14. The van der Waals surface area contributed by atoms with Gasteiger partial charge in [0.05, 0.1) is 0 Å². The largest absolute Gasteiger partial charge is 0.396 e. The molecule has 12 heavy (non-hydrogen) atoms. The summed E-state index contributed by atoms with van der Waals surface area (Å²) in [5, 5.41) is 9.07. The van der Waals surface area contributed by atoms with E-state index in [1.807, 2.05) is 0 Å². The van der Waals surface area contributed by atoms with Crippen molar-refractivity contribution in [1.82, 2.24) is 4.98 Å². The highest BCUT2D eigenvalue weighted by Gasteiger charge is 2.04. The van der Waals surface area contributed by atoms with Crippen LogP contribution in [0, 0.1) is 0 Å². The number of pyridine rings is 1. The van der Waals surface area contributed by atoms with Gasteiger partial charge in [-0.25, -0.2) is 4.98 Å². The van der Waals surface area contributed by atoms with Gasteiger partial charge in [-0.3, -0.25) is 0 Å². The molecule has 1 heterocycles. The van der Waals surface area contributed by atoms with Crippen LogP contribution in [-0.4, -0.2) is 16.7 Å². The fourth-order valence-electron chi connectivity index (χ4n) is 0.954. The molecule has 0 aliphatic rings. The molecule has 1 aromatic rings. The Morgan fingerprint density at radius 3 is 3.00 bits per heavy atom. The quantitative estimate of drug-likeness (QED) is 0.696. The van der Waals surface area contributed by atoms with Crippen LogP contribution in [0.3, 0.4) is 0 Å². The molecule has 0 saturated carbocycles. The van der Waals surface area contributed by atoms with E-state index in [0.29, 0.717) is 11.6 Å². The van der Waals surface area contributed by atoms with Crippen molar-refractivity contribution in [2.75, 3.05) is 6.61 Å². The lowest BCUT2D eigenvalue weighted by Gasteiger charge is -2.09. The number of hydrogen-bond donors (Lipinski definition) is 2. The normalized spacial score (nSPS) is 12.9. The zero-order valence-corrected chi connectivity index (χ0v) is 7.33. The van der Waals surface area contributed by atoms with Crippen LogP contribution in [0.25, 0.3) is 0 Å². The van der Waals surface area contributed by atoms with Gasteiger partial charge in [0, 0.05) is 18.8 Å². The maximum absolute atomic E-state index is 8.64. The van der Waals surface area contributed by atoms with E-state index in [9.17, 15) is 0 Å². The van der Waals surface area contributed by atoms with Gasteiger partial charge in [-0.1, -0.05) is 11.6 Å². The van der Waals surface area contributed by atoms with Crippen molar-refractivity contribution < 1.29 is 5.11 Å². The molecule has 1 aromatic heterocycles. The Morgan fingerprint density at radius 2 is 2.42 bits per heavy atom. The summed E-state index contributed by atoms with van der Waals surface area (Å²) in [5.74, 6) is 0. The lowest BCUT2D eigenvalue weighted by molar-refractivity contribution is 0.276. The van der Waals surface area contributed by atoms with Gasteiger partial charge in [-0.05, 0) is 24.1 Å². The molecule has 0 amide bonds. The van der Waals surface area contributed by atoms with Crippen molar-refractivity contribution >= 4 is 11.6 Å². The molecule has 0 aliphatic carbocycles. The summed E-state index contributed by atoms with van der Waals surface area (Å²) in [6, 6.07) is 3.35. The van der Waals surface area contributed by atoms with E-state index in [1.165, 1.54) is 0 Å². The van der Waals surface area contributed by atoms with Gasteiger partial charge in [0.25, 0.3) is 0 Å². The topological polar surface area (TPSA) is 59.1 Å². The standard InChI is InChI=1S/C8H11ClN2O/c9-8-5-6(1-3-11-8)7(10)2-4-12/h1,3,5,7,12H,2,4,10H2/t7-/m1/s1. The molecule has 0 saturated heterocycles. The molecule has 0 fully saturated rings. The first-order valence-corrected chi connectivity index (χ1v) is 4.09. The van der Waals surface area contributed by atoms with Crippen molar-refractivity contribution in [2.45, 2.75) is 12.5 Å². The molecule has 0 radical (unpaired) electrons. The van der Waals surface area contributed by atoms with Gasteiger partial charge in [0.15, 0.2) is 0 Å². The number of aliphatic hydroxyl groups excluding tert-OH is 1. The van der Waals surface area contributed by atoms with E-state index >= 15 is 0 Å². The number of aliphatic hydroxyl groups is 1. The molecule has 0 aromatic carbocycles. The molecular weight excluding hydrogens is 176 g/mol. The molecule has 0 unspecified atom stereocenters. The molecule has 3 N–H and O–H groups in total. The molecule has 1 rings (SSSR count). The van der Waals surface area contributed by atoms with Gasteiger partial charge < -0.3 is 10.8 Å². The van der Waals surface area contributed by atoms with Crippen molar-refractivity contribution in [3.63, 3.8) is 0 Å². The first-order chi connectivity index (χ1) is 5.74. The second kappa shape index (κ2) is 4.40. The van der Waals surface area contributed by atoms with E-state index in [2.05, 4.69) is 4.98 Å². The maximum atomic E-state index is 8.64.